The van der Waals surface area contributed by atoms with Crippen LogP contribution in [0.4, 0.5) is 5.69 Å². The lowest BCUT2D eigenvalue weighted by atomic mass is 10.2. The van der Waals surface area contributed by atoms with E-state index in [1.54, 1.807) is 53.7 Å². The number of nitrogens with one attached hydrogen (secondary N) is 1. The maximum atomic E-state index is 13.5. The van der Waals surface area contributed by atoms with Crippen molar-refractivity contribution in [2.75, 3.05) is 11.6 Å². The van der Waals surface area contributed by atoms with Gasteiger partial charge in [0.2, 0.25) is 5.91 Å². The fourth-order valence-electron chi connectivity index (χ4n) is 3.78. The predicted octanol–water partition coefficient (Wildman–Crippen LogP) is 3.47. The molecule has 2 aromatic heterocycles. The van der Waals surface area contributed by atoms with Crippen molar-refractivity contribution in [2.45, 2.75) is 25.3 Å². The number of rotatable bonds is 5. The third-order valence-electron chi connectivity index (χ3n) is 5.49. The number of aryl methyl sites for hydroxylation is 3. The molecule has 2 heterocycles. The second-order valence-electron chi connectivity index (χ2n) is 7.71. The number of anilines is 1. The van der Waals surface area contributed by atoms with Crippen LogP contribution in [0.5, 0.6) is 0 Å². The molecule has 32 heavy (non-hydrogen) atoms. The van der Waals surface area contributed by atoms with Crippen LogP contribution in [0.1, 0.15) is 11.3 Å². The van der Waals surface area contributed by atoms with Crippen LogP contribution in [0, 0.1) is 13.8 Å². The number of benzene rings is 2. The number of fused-ring (bicyclic) bond motifs is 1. The molecule has 0 unspecified atom stereocenters. The molecular formula is C24H24N4O3S. The standard InChI is InChI=1S/C24H24N4O3S/c1-15-7-5-9-18(11-15)28-23(30)22-20(12-16(2)26(22)3)27(24(28)31)14-21(29)25-17-8-6-10-19(13-17)32-4/h5-13H,14H2,1-4H3,(H,25,29). The molecule has 7 nitrogen and oxygen atoms in total. The Bertz CT molecular complexity index is 1460. The number of amides is 1. The van der Waals surface area contributed by atoms with Crippen molar-refractivity contribution >= 4 is 34.4 Å². The molecule has 0 bridgehead atoms. The number of hydrogen-bond donors (Lipinski definition) is 1. The minimum absolute atomic E-state index is 0.214. The Balaban J connectivity index is 1.85. The highest BCUT2D eigenvalue weighted by Crippen LogP contribution is 2.19. The van der Waals surface area contributed by atoms with Crippen molar-refractivity contribution < 1.29 is 4.79 Å². The molecular weight excluding hydrogens is 424 g/mol. The minimum atomic E-state index is -0.549. The first-order valence-corrected chi connectivity index (χ1v) is 11.4. The zero-order chi connectivity index (χ0) is 23.0. The zero-order valence-electron chi connectivity index (χ0n) is 18.4. The van der Waals surface area contributed by atoms with Crippen LogP contribution in [-0.4, -0.2) is 25.9 Å². The van der Waals surface area contributed by atoms with Crippen LogP contribution in [0.2, 0.25) is 0 Å². The molecule has 4 rings (SSSR count). The lowest BCUT2D eigenvalue weighted by molar-refractivity contribution is -0.116. The van der Waals surface area contributed by atoms with E-state index in [1.807, 2.05) is 44.4 Å². The van der Waals surface area contributed by atoms with E-state index in [1.165, 1.54) is 4.57 Å². The highest BCUT2D eigenvalue weighted by molar-refractivity contribution is 7.98. The molecule has 0 aliphatic carbocycles. The van der Waals surface area contributed by atoms with Gasteiger partial charge in [-0.15, -0.1) is 11.8 Å². The third kappa shape index (κ3) is 3.89. The first-order valence-electron chi connectivity index (χ1n) is 10.1. The maximum absolute atomic E-state index is 13.5. The van der Waals surface area contributed by atoms with E-state index >= 15 is 0 Å². The molecule has 1 N–H and O–H groups in total. The van der Waals surface area contributed by atoms with Gasteiger partial charge in [-0.1, -0.05) is 18.2 Å². The van der Waals surface area contributed by atoms with Gasteiger partial charge in [-0.3, -0.25) is 14.2 Å². The van der Waals surface area contributed by atoms with E-state index < -0.39 is 11.2 Å². The van der Waals surface area contributed by atoms with Gasteiger partial charge in [0.05, 0.1) is 11.2 Å². The first kappa shape index (κ1) is 21.7. The largest absolute Gasteiger partial charge is 0.342 e. The van der Waals surface area contributed by atoms with Crippen molar-refractivity contribution in [3.05, 3.63) is 86.7 Å². The molecule has 0 spiro atoms. The summed E-state index contributed by atoms with van der Waals surface area (Å²) in [6.07, 6.45) is 1.96. The van der Waals surface area contributed by atoms with Crippen LogP contribution in [0.3, 0.4) is 0 Å². The summed E-state index contributed by atoms with van der Waals surface area (Å²) in [5.41, 5.74) is 2.74. The minimum Gasteiger partial charge on any atom is -0.342 e. The van der Waals surface area contributed by atoms with E-state index in [2.05, 4.69) is 5.32 Å². The van der Waals surface area contributed by atoms with Crippen molar-refractivity contribution in [1.82, 2.24) is 13.7 Å². The average molecular weight is 449 g/mol. The van der Waals surface area contributed by atoms with E-state index in [4.69, 9.17) is 0 Å². The Morgan fingerprint density at radius 2 is 1.78 bits per heavy atom. The molecule has 4 aromatic rings. The number of nitrogens with zero attached hydrogens (tertiary/aromatic N) is 3. The highest BCUT2D eigenvalue weighted by Gasteiger charge is 2.20. The number of carbonyl (C=O) groups excluding carboxylic acids is 1. The van der Waals surface area contributed by atoms with Gasteiger partial charge in [-0.2, -0.15) is 0 Å². The molecule has 0 aliphatic rings. The van der Waals surface area contributed by atoms with Crippen LogP contribution in [0.25, 0.3) is 16.7 Å². The average Bonchev–Trinajstić information content (AvgIpc) is 3.06. The summed E-state index contributed by atoms with van der Waals surface area (Å²) in [6, 6.07) is 16.5. The topological polar surface area (TPSA) is 78.0 Å². The maximum Gasteiger partial charge on any atom is 0.336 e. The van der Waals surface area contributed by atoms with Crippen LogP contribution in [-0.2, 0) is 18.4 Å². The lowest BCUT2D eigenvalue weighted by Crippen LogP contribution is -2.41. The SMILES string of the molecule is CSc1cccc(NC(=O)Cn2c(=O)n(-c3cccc(C)c3)c(=O)c3c2cc(C)n3C)c1. The van der Waals surface area contributed by atoms with Crippen molar-refractivity contribution in [3.63, 3.8) is 0 Å². The second kappa shape index (κ2) is 8.55. The molecule has 0 saturated heterocycles. The first-order chi connectivity index (χ1) is 15.3. The van der Waals surface area contributed by atoms with Gasteiger partial charge < -0.3 is 9.88 Å². The third-order valence-corrected chi connectivity index (χ3v) is 6.21. The molecule has 164 valence electrons. The van der Waals surface area contributed by atoms with Gasteiger partial charge >= 0.3 is 5.69 Å². The van der Waals surface area contributed by atoms with Crippen molar-refractivity contribution in [3.8, 4) is 5.69 Å². The Hall–Kier alpha value is -3.52. The van der Waals surface area contributed by atoms with Crippen LogP contribution < -0.4 is 16.6 Å². The van der Waals surface area contributed by atoms with Crippen molar-refractivity contribution in [1.29, 1.82) is 0 Å². The van der Waals surface area contributed by atoms with Gasteiger partial charge in [0.25, 0.3) is 5.56 Å². The van der Waals surface area contributed by atoms with Crippen LogP contribution >= 0.6 is 11.8 Å². The molecule has 8 heteroatoms. The Morgan fingerprint density at radius 1 is 1.03 bits per heavy atom. The summed E-state index contributed by atoms with van der Waals surface area (Å²) in [5, 5.41) is 2.86. The molecule has 2 aromatic carbocycles. The predicted molar refractivity (Wildman–Crippen MR) is 129 cm³/mol. The van der Waals surface area contributed by atoms with E-state index in [9.17, 15) is 14.4 Å². The fraction of sp³-hybridized carbons (Fsp3) is 0.208. The summed E-state index contributed by atoms with van der Waals surface area (Å²) >= 11 is 1.58. The zero-order valence-corrected chi connectivity index (χ0v) is 19.2. The van der Waals surface area contributed by atoms with Gasteiger partial charge in [0.1, 0.15) is 12.1 Å². The number of thioether (sulfide) groups is 1. The highest BCUT2D eigenvalue weighted by atomic mass is 32.2. The normalized spacial score (nSPS) is 11.1. The van der Waals surface area contributed by atoms with E-state index in [0.717, 1.165) is 20.7 Å². The number of hydrogen-bond acceptors (Lipinski definition) is 4. The van der Waals surface area contributed by atoms with Gasteiger partial charge in [-0.05, 0) is 62.1 Å². The molecule has 0 fully saturated rings. The van der Waals surface area contributed by atoms with Crippen LogP contribution in [0.15, 0.2) is 69.1 Å². The molecule has 1 amide bonds. The molecule has 0 atom stereocenters. The number of carbonyl (C=O) groups is 1. The summed E-state index contributed by atoms with van der Waals surface area (Å²) in [7, 11) is 1.78. The van der Waals surface area contributed by atoms with Crippen molar-refractivity contribution in [2.24, 2.45) is 7.05 Å². The fourth-order valence-corrected chi connectivity index (χ4v) is 4.24. The lowest BCUT2D eigenvalue weighted by Gasteiger charge is -2.14. The van der Waals surface area contributed by atoms with E-state index in [-0.39, 0.29) is 12.5 Å². The Labute approximate surface area is 189 Å². The Morgan fingerprint density at radius 3 is 2.50 bits per heavy atom. The smallest absolute Gasteiger partial charge is 0.336 e. The second-order valence-corrected chi connectivity index (χ2v) is 8.59. The molecule has 0 aliphatic heterocycles. The summed E-state index contributed by atoms with van der Waals surface area (Å²) in [6.45, 7) is 3.54. The monoisotopic (exact) mass is 448 g/mol. The van der Waals surface area contributed by atoms with E-state index in [0.29, 0.717) is 22.4 Å². The van der Waals surface area contributed by atoms with Gasteiger partial charge in [-0.25, -0.2) is 9.36 Å². The Kier molecular flexibility index (Phi) is 5.80. The van der Waals surface area contributed by atoms with Gasteiger partial charge in [0.15, 0.2) is 0 Å². The quantitative estimate of drug-likeness (QED) is 0.474. The van der Waals surface area contributed by atoms with Gasteiger partial charge in [0, 0.05) is 23.3 Å². The number of aromatic nitrogens is 3. The molecule has 0 radical (unpaired) electrons. The molecule has 0 saturated carbocycles. The summed E-state index contributed by atoms with van der Waals surface area (Å²) in [5.74, 6) is -0.345. The summed E-state index contributed by atoms with van der Waals surface area (Å²) < 4.78 is 4.25. The summed E-state index contributed by atoms with van der Waals surface area (Å²) in [4.78, 5) is 40.7.